The molecule has 0 aromatic heterocycles. The molecule has 1 heterocycles. The van der Waals surface area contributed by atoms with Gasteiger partial charge in [-0.3, -0.25) is 9.59 Å². The van der Waals surface area contributed by atoms with E-state index >= 15 is 0 Å². The van der Waals surface area contributed by atoms with E-state index in [1.807, 2.05) is 72.1 Å². The Bertz CT molecular complexity index is 811. The highest BCUT2D eigenvalue weighted by molar-refractivity contribution is 7.99. The molecule has 2 amide bonds. The number of rotatable bonds is 5. The number of nitrogens with zero attached hydrogens (tertiary/aromatic N) is 1. The Morgan fingerprint density at radius 1 is 1.11 bits per heavy atom. The number of amides is 2. The molecule has 0 spiro atoms. The van der Waals surface area contributed by atoms with Crippen LogP contribution < -0.4 is 11.1 Å². The van der Waals surface area contributed by atoms with Gasteiger partial charge in [-0.1, -0.05) is 36.4 Å². The molecule has 0 radical (unpaired) electrons. The maximum Gasteiger partial charge on any atom is 0.254 e. The highest BCUT2D eigenvalue weighted by Gasteiger charge is 2.21. The molecule has 1 atom stereocenters. The molecule has 7 heteroatoms. The van der Waals surface area contributed by atoms with Crippen molar-refractivity contribution in [3.05, 3.63) is 65.2 Å². The van der Waals surface area contributed by atoms with Crippen molar-refractivity contribution in [3.63, 3.8) is 0 Å². The van der Waals surface area contributed by atoms with Crippen LogP contribution in [0.5, 0.6) is 0 Å². The second kappa shape index (κ2) is 10.5. The summed E-state index contributed by atoms with van der Waals surface area (Å²) in [7, 11) is 0. The Hall–Kier alpha value is -2.02. The number of halogens is 1. The third-order valence-electron chi connectivity index (χ3n) is 4.77. The van der Waals surface area contributed by atoms with Crippen molar-refractivity contribution in [1.29, 1.82) is 0 Å². The fourth-order valence-electron chi connectivity index (χ4n) is 3.16. The quantitative estimate of drug-likeness (QED) is 0.775. The monoisotopic (exact) mass is 419 g/mol. The second-order valence-corrected chi connectivity index (χ2v) is 7.88. The predicted octanol–water partition coefficient (Wildman–Crippen LogP) is 3.63. The number of nitrogens with one attached hydrogen (secondary N) is 1. The van der Waals surface area contributed by atoms with Crippen molar-refractivity contribution in [2.45, 2.75) is 19.4 Å². The third kappa shape index (κ3) is 5.50. The lowest BCUT2D eigenvalue weighted by molar-refractivity contribution is -0.116. The summed E-state index contributed by atoms with van der Waals surface area (Å²) < 4.78 is 0. The first-order valence-corrected chi connectivity index (χ1v) is 10.3. The molecule has 3 N–H and O–H groups in total. The first-order valence-electron chi connectivity index (χ1n) is 9.13. The van der Waals surface area contributed by atoms with Gasteiger partial charge in [0, 0.05) is 48.3 Å². The van der Waals surface area contributed by atoms with E-state index in [0.717, 1.165) is 35.7 Å². The summed E-state index contributed by atoms with van der Waals surface area (Å²) in [6.07, 6.45) is 0.185. The molecule has 1 saturated heterocycles. The molecule has 1 aliphatic heterocycles. The molecule has 28 heavy (non-hydrogen) atoms. The number of thioether (sulfide) groups is 1. The fraction of sp³-hybridized carbons (Fsp3) is 0.333. The number of nitrogens with two attached hydrogens (primary N) is 1. The van der Waals surface area contributed by atoms with Gasteiger partial charge in [-0.2, -0.15) is 11.8 Å². The van der Waals surface area contributed by atoms with Gasteiger partial charge in [0.1, 0.15) is 0 Å². The first kappa shape index (κ1) is 22.3. The lowest BCUT2D eigenvalue weighted by atomic mass is 10.0. The highest BCUT2D eigenvalue weighted by atomic mass is 35.5. The maximum atomic E-state index is 12.8. The van der Waals surface area contributed by atoms with E-state index < -0.39 is 0 Å². The van der Waals surface area contributed by atoms with Gasteiger partial charge >= 0.3 is 0 Å². The number of benzene rings is 2. The number of hydrogen-bond donors (Lipinski definition) is 2. The molecule has 1 fully saturated rings. The van der Waals surface area contributed by atoms with Crippen molar-refractivity contribution in [1.82, 2.24) is 4.90 Å². The standard InChI is InChI=1S/C21H25N3O2S.ClH/c1-15-17(21(26)24-10-12-27-13-11-24)8-5-9-19(15)23-20(25)14-18(22)16-6-3-2-4-7-16;/h2-9,18H,10-14,22H2,1H3,(H,23,25);1H. The number of carbonyl (C=O) groups excluding carboxylic acids is 2. The smallest absolute Gasteiger partial charge is 0.254 e. The summed E-state index contributed by atoms with van der Waals surface area (Å²) in [6.45, 7) is 3.41. The van der Waals surface area contributed by atoms with Crippen LogP contribution in [0, 0.1) is 6.92 Å². The Morgan fingerprint density at radius 3 is 2.46 bits per heavy atom. The van der Waals surface area contributed by atoms with Crippen molar-refractivity contribution < 1.29 is 9.59 Å². The molecule has 1 aliphatic rings. The van der Waals surface area contributed by atoms with E-state index in [4.69, 9.17) is 5.73 Å². The Balaban J connectivity index is 0.00000280. The van der Waals surface area contributed by atoms with Crippen molar-refractivity contribution in [2.24, 2.45) is 5.73 Å². The van der Waals surface area contributed by atoms with Crippen LogP contribution in [-0.2, 0) is 4.79 Å². The van der Waals surface area contributed by atoms with Crippen LogP contribution in [0.1, 0.15) is 33.9 Å². The van der Waals surface area contributed by atoms with Gasteiger partial charge in [0.05, 0.1) is 0 Å². The van der Waals surface area contributed by atoms with Crippen LogP contribution in [0.4, 0.5) is 5.69 Å². The zero-order valence-electron chi connectivity index (χ0n) is 15.9. The molecule has 3 rings (SSSR count). The number of hydrogen-bond acceptors (Lipinski definition) is 4. The summed E-state index contributed by atoms with van der Waals surface area (Å²) in [5, 5.41) is 2.92. The zero-order valence-corrected chi connectivity index (χ0v) is 17.5. The molecule has 0 aliphatic carbocycles. The average Bonchev–Trinajstić information content (AvgIpc) is 2.70. The minimum atomic E-state index is -0.359. The van der Waals surface area contributed by atoms with Crippen LogP contribution in [-0.4, -0.2) is 41.3 Å². The summed E-state index contributed by atoms with van der Waals surface area (Å²) >= 11 is 1.87. The normalized spacial score (nSPS) is 14.7. The Kier molecular flexibility index (Phi) is 8.35. The molecule has 150 valence electrons. The SMILES string of the molecule is Cc1c(NC(=O)CC(N)c2ccccc2)cccc1C(=O)N1CCSCC1.Cl. The summed E-state index contributed by atoms with van der Waals surface area (Å²) in [5.74, 6) is 1.82. The lowest BCUT2D eigenvalue weighted by Crippen LogP contribution is -2.38. The molecule has 1 unspecified atom stereocenters. The van der Waals surface area contributed by atoms with Crippen LogP contribution in [0.2, 0.25) is 0 Å². The largest absolute Gasteiger partial charge is 0.337 e. The van der Waals surface area contributed by atoms with Crippen LogP contribution in [0.15, 0.2) is 48.5 Å². The molecular formula is C21H26ClN3O2S. The minimum Gasteiger partial charge on any atom is -0.337 e. The zero-order chi connectivity index (χ0) is 19.2. The van der Waals surface area contributed by atoms with Crippen LogP contribution >= 0.6 is 24.2 Å². The lowest BCUT2D eigenvalue weighted by Gasteiger charge is -2.27. The molecular weight excluding hydrogens is 394 g/mol. The van der Waals surface area contributed by atoms with Crippen LogP contribution in [0.25, 0.3) is 0 Å². The summed E-state index contributed by atoms with van der Waals surface area (Å²) in [4.78, 5) is 27.1. The molecule has 5 nitrogen and oxygen atoms in total. The first-order chi connectivity index (χ1) is 13.1. The number of carbonyl (C=O) groups is 2. The van der Waals surface area contributed by atoms with E-state index in [1.54, 1.807) is 0 Å². The maximum absolute atomic E-state index is 12.8. The topological polar surface area (TPSA) is 75.4 Å². The second-order valence-electron chi connectivity index (χ2n) is 6.65. The van der Waals surface area contributed by atoms with Gasteiger partial charge in [0.15, 0.2) is 0 Å². The average molecular weight is 420 g/mol. The van der Waals surface area contributed by atoms with Crippen LogP contribution in [0.3, 0.4) is 0 Å². The van der Waals surface area contributed by atoms with Gasteiger partial charge in [-0.25, -0.2) is 0 Å². The van der Waals surface area contributed by atoms with E-state index in [-0.39, 0.29) is 36.7 Å². The molecule has 0 bridgehead atoms. The van der Waals surface area contributed by atoms with Crippen molar-refractivity contribution in [3.8, 4) is 0 Å². The van der Waals surface area contributed by atoms with Gasteiger partial charge in [0.25, 0.3) is 5.91 Å². The van der Waals surface area contributed by atoms with E-state index in [2.05, 4.69) is 5.32 Å². The fourth-order valence-corrected chi connectivity index (χ4v) is 4.06. The minimum absolute atomic E-state index is 0. The molecule has 2 aromatic rings. The van der Waals surface area contributed by atoms with E-state index in [0.29, 0.717) is 11.3 Å². The van der Waals surface area contributed by atoms with Crippen molar-refractivity contribution >= 4 is 41.7 Å². The Morgan fingerprint density at radius 2 is 1.79 bits per heavy atom. The predicted molar refractivity (Wildman–Crippen MR) is 118 cm³/mol. The molecule has 0 saturated carbocycles. The third-order valence-corrected chi connectivity index (χ3v) is 5.71. The van der Waals surface area contributed by atoms with E-state index in [9.17, 15) is 9.59 Å². The van der Waals surface area contributed by atoms with E-state index in [1.165, 1.54) is 0 Å². The number of anilines is 1. The van der Waals surface area contributed by atoms with Gasteiger partial charge in [-0.05, 0) is 30.2 Å². The van der Waals surface area contributed by atoms with Gasteiger partial charge in [0.2, 0.25) is 5.91 Å². The highest BCUT2D eigenvalue weighted by Crippen LogP contribution is 2.23. The summed E-state index contributed by atoms with van der Waals surface area (Å²) in [5.41, 5.74) is 9.17. The van der Waals surface area contributed by atoms with Crippen molar-refractivity contribution in [2.75, 3.05) is 29.9 Å². The Labute approximate surface area is 176 Å². The van der Waals surface area contributed by atoms with Gasteiger partial charge < -0.3 is 16.0 Å². The summed E-state index contributed by atoms with van der Waals surface area (Å²) in [6, 6.07) is 14.7. The van der Waals surface area contributed by atoms with Gasteiger partial charge in [-0.15, -0.1) is 12.4 Å². The molecule has 2 aromatic carbocycles.